The molecule has 16 heavy (non-hydrogen) atoms. The summed E-state index contributed by atoms with van der Waals surface area (Å²) < 4.78 is 5.02. The molecule has 96 valence electrons. The van der Waals surface area contributed by atoms with Gasteiger partial charge in [0.15, 0.2) is 0 Å². The van der Waals surface area contributed by atoms with E-state index in [0.29, 0.717) is 13.2 Å². The van der Waals surface area contributed by atoms with Crippen LogP contribution in [0.4, 0.5) is 0 Å². The maximum Gasteiger partial charge on any atom is 0.319 e. The third kappa shape index (κ3) is 11.9. The van der Waals surface area contributed by atoms with Crippen molar-refractivity contribution in [2.24, 2.45) is 0 Å². The minimum absolute atomic E-state index is 0.127. The first kappa shape index (κ1) is 15.8. The molecule has 0 aromatic rings. The van der Waals surface area contributed by atoms with Gasteiger partial charge in [0.25, 0.3) is 0 Å². The molecule has 0 aromatic carbocycles. The van der Waals surface area contributed by atoms with Crippen molar-refractivity contribution in [3.8, 4) is 0 Å². The van der Waals surface area contributed by atoms with E-state index in [0.717, 1.165) is 25.8 Å². The highest BCUT2D eigenvalue weighted by Gasteiger charge is 2.00. The molecule has 0 amide bonds. The number of esters is 1. The summed E-state index contributed by atoms with van der Waals surface area (Å²) in [6, 6.07) is 0. The zero-order chi connectivity index (χ0) is 12.1. The smallest absolute Gasteiger partial charge is 0.319 e. The molecule has 0 saturated carbocycles. The van der Waals surface area contributed by atoms with Gasteiger partial charge in [-0.25, -0.2) is 0 Å². The molecular formula is C12H25NO2S. The van der Waals surface area contributed by atoms with Crippen LogP contribution in [-0.2, 0) is 9.53 Å². The van der Waals surface area contributed by atoms with E-state index in [1.807, 2.05) is 11.8 Å². The molecule has 0 aromatic heterocycles. The van der Waals surface area contributed by atoms with E-state index in [9.17, 15) is 4.79 Å². The molecule has 4 heteroatoms. The molecule has 0 atom stereocenters. The first-order valence-electron chi connectivity index (χ1n) is 6.16. The largest absolute Gasteiger partial charge is 0.465 e. The Kier molecular flexibility index (Phi) is 12.7. The first-order valence-corrected chi connectivity index (χ1v) is 7.56. The number of unbranched alkanes of at least 4 members (excludes halogenated alkanes) is 3. The monoisotopic (exact) mass is 247 g/mol. The van der Waals surface area contributed by atoms with E-state index < -0.39 is 0 Å². The van der Waals surface area contributed by atoms with Gasteiger partial charge in [-0.1, -0.05) is 19.8 Å². The molecule has 0 radical (unpaired) electrons. The lowest BCUT2D eigenvalue weighted by Gasteiger charge is -2.05. The number of hydrogen-bond acceptors (Lipinski definition) is 4. The Morgan fingerprint density at radius 3 is 2.75 bits per heavy atom. The number of thioether (sulfide) groups is 1. The topological polar surface area (TPSA) is 38.3 Å². The molecular weight excluding hydrogens is 222 g/mol. The van der Waals surface area contributed by atoms with Gasteiger partial charge in [0.05, 0.1) is 13.2 Å². The third-order valence-electron chi connectivity index (χ3n) is 2.23. The van der Waals surface area contributed by atoms with E-state index in [-0.39, 0.29) is 5.97 Å². The second-order valence-electron chi connectivity index (χ2n) is 3.80. The van der Waals surface area contributed by atoms with Crippen LogP contribution in [0.25, 0.3) is 0 Å². The van der Waals surface area contributed by atoms with Crippen molar-refractivity contribution in [1.82, 2.24) is 5.32 Å². The van der Waals surface area contributed by atoms with Crippen LogP contribution in [0.1, 0.15) is 39.0 Å². The highest BCUT2D eigenvalue weighted by Crippen LogP contribution is 2.01. The van der Waals surface area contributed by atoms with Gasteiger partial charge in [-0.3, -0.25) is 4.79 Å². The Bertz CT molecular complexity index is 165. The second kappa shape index (κ2) is 12.8. The third-order valence-corrected chi connectivity index (χ3v) is 2.93. The summed E-state index contributed by atoms with van der Waals surface area (Å²) in [5.74, 6) is 1.11. The Labute approximate surface area is 104 Å². The molecule has 0 aliphatic carbocycles. The fourth-order valence-corrected chi connectivity index (χ4v) is 1.74. The lowest BCUT2D eigenvalue weighted by atomic mass is 10.2. The quantitative estimate of drug-likeness (QED) is 0.449. The molecule has 0 spiro atoms. The molecule has 0 unspecified atom stereocenters. The number of rotatable bonds is 11. The molecule has 0 aliphatic heterocycles. The van der Waals surface area contributed by atoms with Crippen LogP contribution in [-0.4, -0.2) is 37.7 Å². The normalized spacial score (nSPS) is 10.4. The molecule has 3 nitrogen and oxygen atoms in total. The number of carbonyl (C=O) groups excluding carboxylic acids is 1. The highest BCUT2D eigenvalue weighted by molar-refractivity contribution is 7.98. The van der Waals surface area contributed by atoms with Crippen molar-refractivity contribution in [3.63, 3.8) is 0 Å². The van der Waals surface area contributed by atoms with Crippen LogP contribution >= 0.6 is 11.8 Å². The molecule has 0 fully saturated rings. The maximum absolute atomic E-state index is 11.2. The van der Waals surface area contributed by atoms with Crippen LogP contribution in [0, 0.1) is 0 Å². The Morgan fingerprint density at radius 1 is 1.25 bits per heavy atom. The van der Waals surface area contributed by atoms with Gasteiger partial charge in [0.2, 0.25) is 0 Å². The van der Waals surface area contributed by atoms with E-state index >= 15 is 0 Å². The van der Waals surface area contributed by atoms with Crippen molar-refractivity contribution >= 4 is 17.7 Å². The summed E-state index contributed by atoms with van der Waals surface area (Å²) in [5, 5.41) is 3.11. The molecule has 1 N–H and O–H groups in total. The summed E-state index contributed by atoms with van der Waals surface area (Å²) in [7, 11) is 0. The lowest BCUT2D eigenvalue weighted by Crippen LogP contribution is -2.25. The predicted octanol–water partition coefficient (Wildman–Crippen LogP) is 2.45. The minimum atomic E-state index is -0.127. The van der Waals surface area contributed by atoms with Crippen LogP contribution in [0.15, 0.2) is 0 Å². The summed E-state index contributed by atoms with van der Waals surface area (Å²) in [6.07, 6.45) is 7.80. The van der Waals surface area contributed by atoms with Crippen molar-refractivity contribution < 1.29 is 9.53 Å². The van der Waals surface area contributed by atoms with Crippen molar-refractivity contribution in [2.75, 3.05) is 31.7 Å². The maximum atomic E-state index is 11.2. The van der Waals surface area contributed by atoms with Gasteiger partial charge >= 0.3 is 5.97 Å². The Balaban J connectivity index is 3.09. The van der Waals surface area contributed by atoms with Crippen molar-refractivity contribution in [2.45, 2.75) is 39.0 Å². The molecule has 0 heterocycles. The van der Waals surface area contributed by atoms with Gasteiger partial charge in [-0.15, -0.1) is 0 Å². The van der Waals surface area contributed by atoms with Gasteiger partial charge in [-0.2, -0.15) is 11.8 Å². The standard InChI is InChI=1S/C12H25NO2S/c1-3-4-9-15-12(14)11-13-8-6-5-7-10-16-2/h13H,3-11H2,1-2H3. The zero-order valence-electron chi connectivity index (χ0n) is 10.6. The Morgan fingerprint density at radius 2 is 2.06 bits per heavy atom. The second-order valence-corrected chi connectivity index (χ2v) is 4.79. The van der Waals surface area contributed by atoms with E-state index in [1.165, 1.54) is 18.6 Å². The molecule has 0 aliphatic rings. The highest BCUT2D eigenvalue weighted by atomic mass is 32.2. The number of ether oxygens (including phenoxy) is 1. The van der Waals surface area contributed by atoms with E-state index in [1.54, 1.807) is 0 Å². The van der Waals surface area contributed by atoms with Crippen molar-refractivity contribution in [1.29, 1.82) is 0 Å². The van der Waals surface area contributed by atoms with Crippen LogP contribution in [0.3, 0.4) is 0 Å². The zero-order valence-corrected chi connectivity index (χ0v) is 11.4. The summed E-state index contributed by atoms with van der Waals surface area (Å²) in [6.45, 7) is 3.91. The minimum Gasteiger partial charge on any atom is -0.465 e. The first-order chi connectivity index (χ1) is 7.81. The molecule has 0 rings (SSSR count). The molecule has 0 saturated heterocycles. The number of nitrogens with one attached hydrogen (secondary N) is 1. The van der Waals surface area contributed by atoms with E-state index in [2.05, 4.69) is 18.5 Å². The average molecular weight is 247 g/mol. The van der Waals surface area contributed by atoms with Gasteiger partial charge in [0.1, 0.15) is 0 Å². The average Bonchev–Trinajstić information content (AvgIpc) is 2.28. The van der Waals surface area contributed by atoms with E-state index in [4.69, 9.17) is 4.74 Å². The van der Waals surface area contributed by atoms with Crippen LogP contribution < -0.4 is 5.32 Å². The Hall–Kier alpha value is -0.220. The van der Waals surface area contributed by atoms with Gasteiger partial charge in [0, 0.05) is 0 Å². The SMILES string of the molecule is CCCCOC(=O)CNCCCCCSC. The number of carbonyl (C=O) groups is 1. The number of hydrogen-bond donors (Lipinski definition) is 1. The van der Waals surface area contributed by atoms with Crippen LogP contribution in [0.5, 0.6) is 0 Å². The summed E-state index contributed by atoms with van der Waals surface area (Å²) in [5.41, 5.74) is 0. The lowest BCUT2D eigenvalue weighted by molar-refractivity contribution is -0.142. The van der Waals surface area contributed by atoms with Gasteiger partial charge < -0.3 is 10.1 Å². The summed E-state index contributed by atoms with van der Waals surface area (Å²) >= 11 is 1.89. The van der Waals surface area contributed by atoms with Gasteiger partial charge in [-0.05, 0) is 37.8 Å². The van der Waals surface area contributed by atoms with Crippen LogP contribution in [0.2, 0.25) is 0 Å². The summed E-state index contributed by atoms with van der Waals surface area (Å²) in [4.78, 5) is 11.2. The fraction of sp³-hybridized carbons (Fsp3) is 0.917. The predicted molar refractivity (Wildman–Crippen MR) is 71.0 cm³/mol. The van der Waals surface area contributed by atoms with Crippen molar-refractivity contribution in [3.05, 3.63) is 0 Å². The molecule has 0 bridgehead atoms. The fourth-order valence-electron chi connectivity index (χ4n) is 1.24.